The van der Waals surface area contributed by atoms with Crippen molar-refractivity contribution < 1.29 is 4.42 Å². The normalized spacial score (nSPS) is 14.9. The van der Waals surface area contributed by atoms with E-state index in [0.29, 0.717) is 23.0 Å². The van der Waals surface area contributed by atoms with Crippen molar-refractivity contribution in [3.05, 3.63) is 65.3 Å². The van der Waals surface area contributed by atoms with Crippen molar-refractivity contribution in [3.63, 3.8) is 0 Å². The molecule has 7 heteroatoms. The van der Waals surface area contributed by atoms with Gasteiger partial charge in [-0.3, -0.25) is 4.90 Å². The maximum absolute atomic E-state index is 9.25. The lowest BCUT2D eigenvalue weighted by Gasteiger charge is -2.35. The molecule has 136 valence electrons. The number of oxazole rings is 1. The summed E-state index contributed by atoms with van der Waals surface area (Å²) in [5.41, 5.74) is 1.58. The van der Waals surface area contributed by atoms with Crippen LogP contribution in [0.4, 0.5) is 5.82 Å². The summed E-state index contributed by atoms with van der Waals surface area (Å²) in [5, 5.41) is 9.95. The van der Waals surface area contributed by atoms with Crippen LogP contribution in [0.25, 0.3) is 11.3 Å². The van der Waals surface area contributed by atoms with E-state index in [2.05, 4.69) is 25.8 Å². The fourth-order valence-electron chi connectivity index (χ4n) is 3.18. The molecule has 1 fully saturated rings. The van der Waals surface area contributed by atoms with Crippen LogP contribution in [0.2, 0.25) is 5.02 Å². The van der Waals surface area contributed by atoms with Crippen LogP contribution in [-0.2, 0) is 6.54 Å². The highest BCUT2D eigenvalue weighted by Gasteiger charge is 2.21. The van der Waals surface area contributed by atoms with Crippen molar-refractivity contribution in [2.75, 3.05) is 31.1 Å². The summed E-state index contributed by atoms with van der Waals surface area (Å²) in [6.45, 7) is 4.02. The van der Waals surface area contributed by atoms with Gasteiger partial charge in [0.15, 0.2) is 5.76 Å². The fourth-order valence-corrected chi connectivity index (χ4v) is 3.30. The second-order valence-electron chi connectivity index (χ2n) is 6.37. The zero-order chi connectivity index (χ0) is 18.6. The minimum absolute atomic E-state index is 0.617. The van der Waals surface area contributed by atoms with E-state index in [1.54, 1.807) is 24.5 Å². The minimum atomic E-state index is 0.617. The van der Waals surface area contributed by atoms with Crippen LogP contribution in [0.1, 0.15) is 11.5 Å². The summed E-state index contributed by atoms with van der Waals surface area (Å²) in [6.07, 6.45) is 3.48. The summed E-state index contributed by atoms with van der Waals surface area (Å²) in [6, 6.07) is 13.3. The van der Waals surface area contributed by atoms with Gasteiger partial charge in [-0.15, -0.1) is 0 Å². The largest absolute Gasteiger partial charge is 0.439 e. The SMILES string of the molecule is N#Cc1cccnc1N1CCN(Cc2ncc(-c3ccc(Cl)cc3)o2)CC1. The number of rotatable bonds is 4. The molecule has 0 saturated carbocycles. The molecule has 2 aromatic heterocycles. The van der Waals surface area contributed by atoms with Crippen LogP contribution in [0.15, 0.2) is 53.2 Å². The van der Waals surface area contributed by atoms with Crippen molar-refractivity contribution in [2.45, 2.75) is 6.54 Å². The highest BCUT2D eigenvalue weighted by molar-refractivity contribution is 6.30. The summed E-state index contributed by atoms with van der Waals surface area (Å²) in [7, 11) is 0. The number of nitriles is 1. The molecule has 1 aliphatic rings. The number of anilines is 1. The van der Waals surface area contributed by atoms with Gasteiger partial charge in [0, 0.05) is 43.0 Å². The van der Waals surface area contributed by atoms with Crippen LogP contribution < -0.4 is 4.90 Å². The zero-order valence-corrected chi connectivity index (χ0v) is 15.4. The molecule has 27 heavy (non-hydrogen) atoms. The Kier molecular flexibility index (Phi) is 5.05. The summed E-state index contributed by atoms with van der Waals surface area (Å²) >= 11 is 5.93. The smallest absolute Gasteiger partial charge is 0.209 e. The van der Waals surface area contributed by atoms with E-state index < -0.39 is 0 Å². The number of hydrogen-bond donors (Lipinski definition) is 0. The molecule has 3 aromatic rings. The molecular weight excluding hydrogens is 362 g/mol. The molecule has 0 atom stereocenters. The maximum atomic E-state index is 9.25. The predicted molar refractivity (Wildman–Crippen MR) is 103 cm³/mol. The molecule has 0 unspecified atom stereocenters. The number of nitrogens with zero attached hydrogens (tertiary/aromatic N) is 5. The van der Waals surface area contributed by atoms with E-state index in [9.17, 15) is 5.26 Å². The third-order valence-corrected chi connectivity index (χ3v) is 4.87. The number of halogens is 1. The third kappa shape index (κ3) is 3.95. The molecule has 1 saturated heterocycles. The van der Waals surface area contributed by atoms with Gasteiger partial charge in [-0.05, 0) is 36.4 Å². The lowest BCUT2D eigenvalue weighted by Crippen LogP contribution is -2.46. The van der Waals surface area contributed by atoms with Gasteiger partial charge in [0.25, 0.3) is 0 Å². The van der Waals surface area contributed by atoms with Crippen molar-refractivity contribution >= 4 is 17.4 Å². The number of pyridine rings is 1. The highest BCUT2D eigenvalue weighted by Crippen LogP contribution is 2.23. The second-order valence-corrected chi connectivity index (χ2v) is 6.81. The molecule has 4 rings (SSSR count). The molecule has 0 amide bonds. The van der Waals surface area contributed by atoms with Gasteiger partial charge in [-0.1, -0.05) is 11.6 Å². The maximum Gasteiger partial charge on any atom is 0.209 e. The van der Waals surface area contributed by atoms with Gasteiger partial charge >= 0.3 is 0 Å². The molecule has 0 radical (unpaired) electrons. The van der Waals surface area contributed by atoms with Crippen molar-refractivity contribution in [1.29, 1.82) is 5.26 Å². The first-order chi connectivity index (χ1) is 13.2. The molecule has 0 spiro atoms. The van der Waals surface area contributed by atoms with Gasteiger partial charge in [-0.2, -0.15) is 5.26 Å². The molecular formula is C20H18ClN5O. The molecule has 3 heterocycles. The zero-order valence-electron chi connectivity index (χ0n) is 14.7. The van der Waals surface area contributed by atoms with E-state index in [1.807, 2.05) is 24.3 Å². The second kappa shape index (κ2) is 7.78. The van der Waals surface area contributed by atoms with Crippen molar-refractivity contribution in [1.82, 2.24) is 14.9 Å². The van der Waals surface area contributed by atoms with Crippen LogP contribution >= 0.6 is 11.6 Å². The Morgan fingerprint density at radius 3 is 2.59 bits per heavy atom. The number of hydrogen-bond acceptors (Lipinski definition) is 6. The van der Waals surface area contributed by atoms with Crippen LogP contribution in [-0.4, -0.2) is 41.0 Å². The van der Waals surface area contributed by atoms with Gasteiger partial charge in [0.1, 0.15) is 11.9 Å². The fraction of sp³-hybridized carbons (Fsp3) is 0.250. The lowest BCUT2D eigenvalue weighted by atomic mass is 10.2. The monoisotopic (exact) mass is 379 g/mol. The molecule has 1 aromatic carbocycles. The first-order valence-electron chi connectivity index (χ1n) is 8.76. The van der Waals surface area contributed by atoms with Gasteiger partial charge in [0.2, 0.25) is 5.89 Å². The summed E-state index contributed by atoms with van der Waals surface area (Å²) in [5.74, 6) is 2.21. The predicted octanol–water partition coefficient (Wildman–Crippen LogP) is 3.58. The van der Waals surface area contributed by atoms with Crippen LogP contribution in [0.5, 0.6) is 0 Å². The van der Waals surface area contributed by atoms with E-state index in [4.69, 9.17) is 16.0 Å². The van der Waals surface area contributed by atoms with Crippen molar-refractivity contribution in [2.24, 2.45) is 0 Å². The molecule has 0 bridgehead atoms. The Labute approximate surface area is 162 Å². The van der Waals surface area contributed by atoms with E-state index in [-0.39, 0.29) is 0 Å². The first-order valence-corrected chi connectivity index (χ1v) is 9.14. The molecule has 0 aliphatic carbocycles. The van der Waals surface area contributed by atoms with Gasteiger partial charge in [-0.25, -0.2) is 9.97 Å². The van der Waals surface area contributed by atoms with E-state index in [1.165, 1.54) is 0 Å². The number of piperazine rings is 1. The first kappa shape index (κ1) is 17.5. The molecule has 6 nitrogen and oxygen atoms in total. The lowest BCUT2D eigenvalue weighted by molar-refractivity contribution is 0.226. The van der Waals surface area contributed by atoms with Crippen molar-refractivity contribution in [3.8, 4) is 17.4 Å². The average Bonchev–Trinajstić information content (AvgIpc) is 3.17. The van der Waals surface area contributed by atoms with E-state index >= 15 is 0 Å². The topological polar surface area (TPSA) is 69.2 Å². The minimum Gasteiger partial charge on any atom is -0.439 e. The Morgan fingerprint density at radius 2 is 1.85 bits per heavy atom. The Hall–Kier alpha value is -2.88. The van der Waals surface area contributed by atoms with E-state index in [0.717, 1.165) is 43.3 Å². The summed E-state index contributed by atoms with van der Waals surface area (Å²) in [4.78, 5) is 13.2. The Morgan fingerprint density at radius 1 is 1.07 bits per heavy atom. The Balaban J connectivity index is 1.37. The Bertz CT molecular complexity index is 955. The molecule has 0 N–H and O–H groups in total. The highest BCUT2D eigenvalue weighted by atomic mass is 35.5. The van der Waals surface area contributed by atoms with Gasteiger partial charge in [0.05, 0.1) is 18.3 Å². The van der Waals surface area contributed by atoms with Crippen LogP contribution in [0, 0.1) is 11.3 Å². The average molecular weight is 380 g/mol. The third-order valence-electron chi connectivity index (χ3n) is 4.62. The molecule has 1 aliphatic heterocycles. The number of aromatic nitrogens is 2. The standard InChI is InChI=1S/C20H18ClN5O/c21-17-5-3-15(4-6-17)18-13-24-19(27-18)14-25-8-10-26(11-9-25)20-16(12-22)2-1-7-23-20/h1-7,13H,8-11,14H2. The number of benzene rings is 1. The quantitative estimate of drug-likeness (QED) is 0.690. The summed E-state index contributed by atoms with van der Waals surface area (Å²) < 4.78 is 5.90. The van der Waals surface area contributed by atoms with Gasteiger partial charge < -0.3 is 9.32 Å². The van der Waals surface area contributed by atoms with Crippen LogP contribution in [0.3, 0.4) is 0 Å².